The van der Waals surface area contributed by atoms with Gasteiger partial charge in [-0.05, 0) is 51.5 Å². The average Bonchev–Trinajstić information content (AvgIpc) is 2.75. The van der Waals surface area contributed by atoms with E-state index in [1.807, 2.05) is 6.92 Å². The molecule has 1 fully saturated rings. The second-order valence-corrected chi connectivity index (χ2v) is 12.7. The first-order chi connectivity index (χ1) is 16.2. The molecule has 9 nitrogen and oxygen atoms in total. The van der Waals surface area contributed by atoms with E-state index in [0.29, 0.717) is 0 Å². The van der Waals surface area contributed by atoms with Crippen LogP contribution in [0.5, 0.6) is 0 Å². The lowest BCUT2D eigenvalue weighted by Crippen LogP contribution is -2.63. The van der Waals surface area contributed by atoms with Gasteiger partial charge in [0.1, 0.15) is 5.25 Å². The van der Waals surface area contributed by atoms with Crippen LogP contribution in [0.4, 0.5) is 0 Å². The molecule has 0 N–H and O–H groups in total. The summed E-state index contributed by atoms with van der Waals surface area (Å²) in [6, 6.07) is 11.3. The Morgan fingerprint density at radius 3 is 1.71 bits per heavy atom. The highest BCUT2D eigenvalue weighted by atomic mass is 32.2. The number of nitrogens with zero attached hydrogens (tertiary/aromatic N) is 1. The van der Waals surface area contributed by atoms with Crippen LogP contribution in [0.2, 0.25) is 0 Å². The normalized spacial score (nSPS) is 23.5. The van der Waals surface area contributed by atoms with E-state index in [9.17, 15) is 26.4 Å². The molecule has 35 heavy (non-hydrogen) atoms. The molecule has 3 rings (SSSR count). The van der Waals surface area contributed by atoms with E-state index in [4.69, 9.17) is 9.47 Å². The van der Waals surface area contributed by atoms with Gasteiger partial charge in [-0.1, -0.05) is 35.4 Å². The van der Waals surface area contributed by atoms with Gasteiger partial charge in [0.25, 0.3) is 0 Å². The van der Waals surface area contributed by atoms with E-state index in [1.165, 1.54) is 31.2 Å². The molecule has 4 atom stereocenters. The zero-order valence-corrected chi connectivity index (χ0v) is 21.8. The monoisotopic (exact) mass is 523 g/mol. The van der Waals surface area contributed by atoms with E-state index in [-0.39, 0.29) is 16.2 Å². The van der Waals surface area contributed by atoms with Crippen molar-refractivity contribution in [3.05, 3.63) is 59.7 Å². The molecule has 1 aliphatic heterocycles. The SMILES string of the molecule is CC(=O)O[C@H]1[C@@H](OC(C)=O)N(S(=O)(=O)c2ccc(C)cc2)[C@@H](C)C[C@@H]1S(=O)(=O)c1ccc(C)cc1. The fraction of sp³-hybridized carbons (Fsp3) is 0.417. The average molecular weight is 524 g/mol. The quantitative estimate of drug-likeness (QED) is 0.530. The summed E-state index contributed by atoms with van der Waals surface area (Å²) in [5.41, 5.74) is 1.69. The zero-order chi connectivity index (χ0) is 26.1. The van der Waals surface area contributed by atoms with Crippen molar-refractivity contribution in [1.82, 2.24) is 4.31 Å². The number of piperidine rings is 1. The fourth-order valence-electron chi connectivity index (χ4n) is 4.18. The third kappa shape index (κ3) is 5.57. The topological polar surface area (TPSA) is 124 Å². The third-order valence-electron chi connectivity index (χ3n) is 5.84. The molecule has 0 amide bonds. The molecule has 2 aromatic rings. The van der Waals surface area contributed by atoms with Crippen LogP contribution in [0.3, 0.4) is 0 Å². The summed E-state index contributed by atoms with van der Waals surface area (Å²) in [6.45, 7) is 7.30. The standard InChI is InChI=1S/C24H29NO8S2/c1-15-6-10-20(11-7-15)34(28,29)22-14-17(3)25(24(33-19(5)27)23(22)32-18(4)26)35(30,31)21-12-8-16(2)9-13-21/h6-13,17,22-24H,14H2,1-5H3/t17-,22-,23+,24+/m0/s1. The summed E-state index contributed by atoms with van der Waals surface area (Å²) in [5.74, 6) is -1.68. The maximum Gasteiger partial charge on any atom is 0.304 e. The van der Waals surface area contributed by atoms with E-state index in [0.717, 1.165) is 29.3 Å². The van der Waals surface area contributed by atoms with Crippen molar-refractivity contribution in [3.63, 3.8) is 0 Å². The van der Waals surface area contributed by atoms with Crippen LogP contribution in [0.15, 0.2) is 58.3 Å². The van der Waals surface area contributed by atoms with Crippen molar-refractivity contribution in [3.8, 4) is 0 Å². The Bertz CT molecular complexity index is 1300. The second-order valence-electron chi connectivity index (χ2n) is 8.70. The molecular formula is C24H29NO8S2. The van der Waals surface area contributed by atoms with Crippen LogP contribution in [0.25, 0.3) is 0 Å². The first-order valence-corrected chi connectivity index (χ1v) is 14.0. The van der Waals surface area contributed by atoms with Crippen molar-refractivity contribution in [2.75, 3.05) is 0 Å². The minimum absolute atomic E-state index is 0.00568. The molecule has 2 aromatic carbocycles. The number of benzene rings is 2. The summed E-state index contributed by atoms with van der Waals surface area (Å²) in [7, 11) is -8.37. The summed E-state index contributed by atoms with van der Waals surface area (Å²) in [4.78, 5) is 24.0. The van der Waals surface area contributed by atoms with Crippen LogP contribution < -0.4 is 0 Å². The predicted octanol–water partition coefficient (Wildman–Crippen LogP) is 2.75. The first-order valence-electron chi connectivity index (χ1n) is 11.0. The van der Waals surface area contributed by atoms with Gasteiger partial charge in [-0.2, -0.15) is 4.31 Å². The third-order valence-corrected chi connectivity index (χ3v) is 10.0. The molecule has 0 bridgehead atoms. The zero-order valence-electron chi connectivity index (χ0n) is 20.2. The van der Waals surface area contributed by atoms with Gasteiger partial charge in [-0.3, -0.25) is 9.59 Å². The van der Waals surface area contributed by atoms with Crippen LogP contribution >= 0.6 is 0 Å². The lowest BCUT2D eigenvalue weighted by molar-refractivity contribution is -0.182. The Morgan fingerprint density at radius 1 is 0.800 bits per heavy atom. The molecule has 0 saturated carbocycles. The Morgan fingerprint density at radius 2 is 1.26 bits per heavy atom. The predicted molar refractivity (Wildman–Crippen MR) is 128 cm³/mol. The number of hydrogen-bond donors (Lipinski definition) is 0. The number of carbonyl (C=O) groups is 2. The Hall–Kier alpha value is -2.76. The van der Waals surface area contributed by atoms with Crippen LogP contribution in [0.1, 0.15) is 38.3 Å². The van der Waals surface area contributed by atoms with Crippen LogP contribution in [-0.2, 0) is 38.9 Å². The minimum Gasteiger partial charge on any atom is -0.456 e. The molecule has 11 heteroatoms. The lowest BCUT2D eigenvalue weighted by atomic mass is 10.0. The second kappa shape index (κ2) is 10.1. The highest BCUT2D eigenvalue weighted by Crippen LogP contribution is 2.37. The Labute approximate surface area is 206 Å². The number of esters is 2. The number of rotatable bonds is 6. The van der Waals surface area contributed by atoms with Gasteiger partial charge < -0.3 is 9.47 Å². The maximum atomic E-state index is 13.6. The Balaban J connectivity index is 2.16. The first kappa shape index (κ1) is 26.8. The molecule has 0 unspecified atom stereocenters. The molecule has 1 aliphatic rings. The van der Waals surface area contributed by atoms with E-state index in [2.05, 4.69) is 0 Å². The van der Waals surface area contributed by atoms with Crippen molar-refractivity contribution < 1.29 is 35.9 Å². The number of sulfonamides is 1. The molecule has 0 spiro atoms. The fourth-order valence-corrected chi connectivity index (χ4v) is 7.84. The highest BCUT2D eigenvalue weighted by Gasteiger charge is 2.55. The van der Waals surface area contributed by atoms with Gasteiger partial charge in [0, 0.05) is 19.9 Å². The van der Waals surface area contributed by atoms with E-state index in [1.54, 1.807) is 31.2 Å². The summed E-state index contributed by atoms with van der Waals surface area (Å²) >= 11 is 0. The molecule has 0 aromatic heterocycles. The van der Waals surface area contributed by atoms with Gasteiger partial charge in [-0.25, -0.2) is 16.8 Å². The molecule has 0 radical (unpaired) electrons. The summed E-state index contributed by atoms with van der Waals surface area (Å²) < 4.78 is 66.2. The molecule has 1 heterocycles. The van der Waals surface area contributed by atoms with Gasteiger partial charge in [-0.15, -0.1) is 0 Å². The number of aryl methyl sites for hydroxylation is 2. The number of ether oxygens (including phenoxy) is 2. The Kier molecular flexibility index (Phi) is 7.73. The van der Waals surface area contributed by atoms with Gasteiger partial charge in [0.15, 0.2) is 15.9 Å². The molecule has 1 saturated heterocycles. The van der Waals surface area contributed by atoms with Gasteiger partial charge in [0.05, 0.1) is 9.79 Å². The molecule has 190 valence electrons. The van der Waals surface area contributed by atoms with Crippen molar-refractivity contribution in [2.45, 2.75) is 74.5 Å². The summed E-state index contributed by atoms with van der Waals surface area (Å²) in [6.07, 6.45) is -3.45. The highest BCUT2D eigenvalue weighted by molar-refractivity contribution is 7.92. The van der Waals surface area contributed by atoms with Gasteiger partial charge in [0.2, 0.25) is 16.3 Å². The van der Waals surface area contributed by atoms with Crippen molar-refractivity contribution in [1.29, 1.82) is 0 Å². The van der Waals surface area contributed by atoms with E-state index < -0.39 is 55.4 Å². The minimum atomic E-state index is -4.26. The maximum absolute atomic E-state index is 13.6. The van der Waals surface area contributed by atoms with Gasteiger partial charge >= 0.3 is 11.9 Å². The summed E-state index contributed by atoms with van der Waals surface area (Å²) in [5, 5.41) is -1.35. The smallest absolute Gasteiger partial charge is 0.304 e. The number of sulfone groups is 1. The van der Waals surface area contributed by atoms with Crippen molar-refractivity contribution >= 4 is 31.8 Å². The largest absolute Gasteiger partial charge is 0.456 e. The molecule has 0 aliphatic carbocycles. The van der Waals surface area contributed by atoms with Crippen molar-refractivity contribution in [2.24, 2.45) is 0 Å². The van der Waals surface area contributed by atoms with Crippen LogP contribution in [-0.4, -0.2) is 56.7 Å². The van der Waals surface area contributed by atoms with Crippen LogP contribution in [0, 0.1) is 13.8 Å². The lowest BCUT2D eigenvalue weighted by Gasteiger charge is -2.45. The van der Waals surface area contributed by atoms with E-state index >= 15 is 0 Å². The molecular weight excluding hydrogens is 494 g/mol. The number of carbonyl (C=O) groups excluding carboxylic acids is 2. The number of hydrogen-bond acceptors (Lipinski definition) is 8.